The topological polar surface area (TPSA) is 58.6 Å². The molecule has 0 bridgehead atoms. The van der Waals surface area contributed by atoms with E-state index >= 15 is 0 Å². The highest BCUT2D eigenvalue weighted by molar-refractivity contribution is 5.96. The lowest BCUT2D eigenvalue weighted by molar-refractivity contribution is -0.148. The predicted octanol–water partition coefficient (Wildman–Crippen LogP) is 1.17. The van der Waals surface area contributed by atoms with E-state index in [1.807, 2.05) is 6.92 Å². The summed E-state index contributed by atoms with van der Waals surface area (Å²) in [5, 5.41) is 2.75. The minimum atomic E-state index is -0.375. The number of ether oxygens (including phenoxy) is 1. The molecule has 2 unspecified atom stereocenters. The fraction of sp³-hybridized carbons (Fsp3) is 0.857. The number of rotatable bonds is 7. The number of nitrogens with zero attached hydrogens (tertiary/aromatic N) is 1. The maximum absolute atomic E-state index is 12.2. The Balaban J connectivity index is 2.41. The van der Waals surface area contributed by atoms with Gasteiger partial charge in [-0.05, 0) is 25.7 Å². The summed E-state index contributed by atoms with van der Waals surface area (Å²) in [5.41, 5.74) is 0. The summed E-state index contributed by atoms with van der Waals surface area (Å²) in [4.78, 5) is 25.6. The molecular formula is C14H26N2O3. The number of carbonyl (C=O) groups excluding carboxylic acids is 2. The summed E-state index contributed by atoms with van der Waals surface area (Å²) in [7, 11) is 0. The van der Waals surface area contributed by atoms with Gasteiger partial charge in [0.15, 0.2) is 0 Å². The molecule has 0 aromatic rings. The van der Waals surface area contributed by atoms with Crippen molar-refractivity contribution in [3.8, 4) is 0 Å². The molecule has 0 spiro atoms. The summed E-state index contributed by atoms with van der Waals surface area (Å²) >= 11 is 0. The van der Waals surface area contributed by atoms with E-state index in [1.165, 1.54) is 0 Å². The highest BCUT2D eigenvalue weighted by Gasteiger charge is 2.36. The summed E-state index contributed by atoms with van der Waals surface area (Å²) in [5.74, 6) is 0.485. The Bertz CT molecular complexity index is 318. The second-order valence-corrected chi connectivity index (χ2v) is 5.50. The first-order chi connectivity index (χ1) is 8.97. The van der Waals surface area contributed by atoms with Gasteiger partial charge >= 0.3 is 0 Å². The monoisotopic (exact) mass is 270 g/mol. The molecule has 19 heavy (non-hydrogen) atoms. The van der Waals surface area contributed by atoms with Gasteiger partial charge < -0.3 is 15.0 Å². The average molecular weight is 270 g/mol. The molecule has 1 aliphatic heterocycles. The smallest absolute Gasteiger partial charge is 0.245 e. The highest BCUT2D eigenvalue weighted by Crippen LogP contribution is 2.12. The molecule has 0 saturated carbocycles. The normalized spacial score (nSPS) is 23.9. The Kier molecular flexibility index (Phi) is 6.28. The molecule has 0 aliphatic carbocycles. The maximum Gasteiger partial charge on any atom is 0.245 e. The van der Waals surface area contributed by atoms with Crippen molar-refractivity contribution in [3.63, 3.8) is 0 Å². The zero-order chi connectivity index (χ0) is 14.4. The molecule has 1 fully saturated rings. The number of piperazine rings is 1. The zero-order valence-corrected chi connectivity index (χ0v) is 12.4. The van der Waals surface area contributed by atoms with Gasteiger partial charge in [0.05, 0.1) is 0 Å². The minimum Gasteiger partial charge on any atom is -0.381 e. The average Bonchev–Trinajstić information content (AvgIpc) is 2.36. The van der Waals surface area contributed by atoms with Crippen LogP contribution >= 0.6 is 0 Å². The molecular weight excluding hydrogens is 244 g/mol. The molecule has 2 amide bonds. The molecule has 0 aromatic heterocycles. The van der Waals surface area contributed by atoms with Gasteiger partial charge in [0.1, 0.15) is 12.1 Å². The number of carbonyl (C=O) groups is 2. The molecule has 5 heteroatoms. The summed E-state index contributed by atoms with van der Waals surface area (Å²) in [6.07, 6.45) is 1.41. The van der Waals surface area contributed by atoms with Crippen LogP contribution in [0.25, 0.3) is 0 Å². The van der Waals surface area contributed by atoms with Gasteiger partial charge in [-0.25, -0.2) is 0 Å². The maximum atomic E-state index is 12.2. The van der Waals surface area contributed by atoms with Crippen LogP contribution in [-0.4, -0.2) is 48.6 Å². The quantitative estimate of drug-likeness (QED) is 0.707. The van der Waals surface area contributed by atoms with Crippen LogP contribution in [0, 0.1) is 5.92 Å². The van der Waals surface area contributed by atoms with Crippen LogP contribution in [0.3, 0.4) is 0 Å². The molecule has 2 atom stereocenters. The first-order valence-electron chi connectivity index (χ1n) is 7.16. The number of hydrogen-bond donors (Lipinski definition) is 1. The van der Waals surface area contributed by atoms with Crippen LogP contribution in [0.4, 0.5) is 0 Å². The number of hydrogen-bond acceptors (Lipinski definition) is 3. The van der Waals surface area contributed by atoms with Crippen LogP contribution in [0.5, 0.6) is 0 Å². The third-order valence-corrected chi connectivity index (χ3v) is 3.29. The van der Waals surface area contributed by atoms with Gasteiger partial charge in [-0.2, -0.15) is 0 Å². The lowest BCUT2D eigenvalue weighted by Gasteiger charge is -2.37. The zero-order valence-electron chi connectivity index (χ0n) is 12.4. The van der Waals surface area contributed by atoms with Gasteiger partial charge in [-0.15, -0.1) is 0 Å². The van der Waals surface area contributed by atoms with Gasteiger partial charge in [-0.1, -0.05) is 20.8 Å². The second-order valence-electron chi connectivity index (χ2n) is 5.50. The van der Waals surface area contributed by atoms with Crippen LogP contribution in [0.15, 0.2) is 0 Å². The van der Waals surface area contributed by atoms with Crippen molar-refractivity contribution in [2.75, 3.05) is 19.8 Å². The van der Waals surface area contributed by atoms with Gasteiger partial charge in [0.25, 0.3) is 0 Å². The van der Waals surface area contributed by atoms with E-state index in [-0.39, 0.29) is 23.9 Å². The Morgan fingerprint density at radius 3 is 2.63 bits per heavy atom. The Morgan fingerprint density at radius 1 is 1.37 bits per heavy atom. The summed E-state index contributed by atoms with van der Waals surface area (Å²) in [6, 6.07) is -0.735. The van der Waals surface area contributed by atoms with E-state index in [1.54, 1.807) is 11.8 Å². The van der Waals surface area contributed by atoms with Crippen molar-refractivity contribution >= 4 is 11.8 Å². The SMILES string of the molecule is CCC1NC(=O)C(C)N(CCCOCC(C)C)C1=O. The Labute approximate surface area is 115 Å². The lowest BCUT2D eigenvalue weighted by atomic mass is 10.1. The third kappa shape index (κ3) is 4.49. The van der Waals surface area contributed by atoms with E-state index in [0.717, 1.165) is 13.0 Å². The number of nitrogens with one attached hydrogen (secondary N) is 1. The van der Waals surface area contributed by atoms with Crippen molar-refractivity contribution in [1.29, 1.82) is 0 Å². The molecule has 0 aromatic carbocycles. The number of amides is 2. The largest absolute Gasteiger partial charge is 0.381 e. The first-order valence-corrected chi connectivity index (χ1v) is 7.16. The van der Waals surface area contributed by atoms with Gasteiger partial charge in [0, 0.05) is 19.8 Å². The predicted molar refractivity (Wildman–Crippen MR) is 73.7 cm³/mol. The van der Waals surface area contributed by atoms with E-state index < -0.39 is 0 Å². The highest BCUT2D eigenvalue weighted by atomic mass is 16.5. The summed E-state index contributed by atoms with van der Waals surface area (Å²) in [6.45, 7) is 9.84. The molecule has 5 nitrogen and oxygen atoms in total. The van der Waals surface area contributed by atoms with Crippen LogP contribution in [0.1, 0.15) is 40.5 Å². The second kappa shape index (κ2) is 7.48. The third-order valence-electron chi connectivity index (χ3n) is 3.29. The molecule has 1 rings (SSSR count). The molecule has 110 valence electrons. The standard InChI is InChI=1S/C14H26N2O3/c1-5-12-14(18)16(11(4)13(17)15-12)7-6-8-19-9-10(2)3/h10-12H,5-9H2,1-4H3,(H,15,17). The van der Waals surface area contributed by atoms with Crippen molar-refractivity contribution in [2.45, 2.75) is 52.6 Å². The van der Waals surface area contributed by atoms with Crippen LogP contribution in [-0.2, 0) is 14.3 Å². The Hall–Kier alpha value is -1.10. The molecule has 0 radical (unpaired) electrons. The Morgan fingerprint density at radius 2 is 2.05 bits per heavy atom. The minimum absolute atomic E-state index is 0.0264. The fourth-order valence-electron chi connectivity index (χ4n) is 2.12. The van der Waals surface area contributed by atoms with E-state index in [0.29, 0.717) is 25.5 Å². The van der Waals surface area contributed by atoms with Crippen LogP contribution in [0.2, 0.25) is 0 Å². The van der Waals surface area contributed by atoms with E-state index in [4.69, 9.17) is 4.74 Å². The van der Waals surface area contributed by atoms with Gasteiger partial charge in [-0.3, -0.25) is 9.59 Å². The van der Waals surface area contributed by atoms with Crippen molar-refractivity contribution in [3.05, 3.63) is 0 Å². The van der Waals surface area contributed by atoms with Crippen LogP contribution < -0.4 is 5.32 Å². The van der Waals surface area contributed by atoms with E-state index in [2.05, 4.69) is 19.2 Å². The lowest BCUT2D eigenvalue weighted by Crippen LogP contribution is -2.62. The fourth-order valence-corrected chi connectivity index (χ4v) is 2.12. The molecule has 1 N–H and O–H groups in total. The van der Waals surface area contributed by atoms with E-state index in [9.17, 15) is 9.59 Å². The van der Waals surface area contributed by atoms with Crippen molar-refractivity contribution in [2.24, 2.45) is 5.92 Å². The molecule has 1 heterocycles. The van der Waals surface area contributed by atoms with Gasteiger partial charge in [0.2, 0.25) is 11.8 Å². The summed E-state index contributed by atoms with van der Waals surface area (Å²) < 4.78 is 5.50. The molecule has 1 saturated heterocycles. The first kappa shape index (κ1) is 16.0. The molecule has 1 aliphatic rings. The van der Waals surface area contributed by atoms with Crippen molar-refractivity contribution in [1.82, 2.24) is 10.2 Å². The van der Waals surface area contributed by atoms with Crippen molar-refractivity contribution < 1.29 is 14.3 Å².